The minimum atomic E-state index is 0.162. The highest BCUT2D eigenvalue weighted by Gasteiger charge is 2.18. The first kappa shape index (κ1) is 12.1. The monoisotopic (exact) mass is 236 g/mol. The molecule has 2 rings (SSSR count). The van der Waals surface area contributed by atoms with Gasteiger partial charge in [-0.2, -0.15) is 5.10 Å². The Bertz CT molecular complexity index is 382. The Morgan fingerprint density at radius 2 is 2.24 bits per heavy atom. The number of nitrogens with one attached hydrogen (secondary N) is 1. The Morgan fingerprint density at radius 1 is 1.53 bits per heavy atom. The smallest absolute Gasteiger partial charge is 0.236 e. The predicted molar refractivity (Wildman–Crippen MR) is 65.4 cm³/mol. The summed E-state index contributed by atoms with van der Waals surface area (Å²) in [7, 11) is 1.89. The molecule has 0 saturated carbocycles. The minimum Gasteiger partial charge on any atom is -0.342 e. The lowest BCUT2D eigenvalue weighted by molar-refractivity contribution is -0.129. The molecular weight excluding hydrogens is 216 g/mol. The molecule has 1 aromatic rings. The summed E-state index contributed by atoms with van der Waals surface area (Å²) in [6.45, 7) is 4.30. The van der Waals surface area contributed by atoms with Crippen molar-refractivity contribution in [3.63, 3.8) is 0 Å². The van der Waals surface area contributed by atoms with E-state index in [1.54, 1.807) is 4.68 Å². The van der Waals surface area contributed by atoms with Crippen LogP contribution in [0.4, 0.5) is 0 Å². The van der Waals surface area contributed by atoms with Crippen molar-refractivity contribution in [1.82, 2.24) is 20.0 Å². The largest absolute Gasteiger partial charge is 0.342 e. The first-order valence-corrected chi connectivity index (χ1v) is 6.16. The first-order chi connectivity index (χ1) is 8.16. The lowest BCUT2D eigenvalue weighted by Crippen LogP contribution is -2.37. The van der Waals surface area contributed by atoms with Crippen LogP contribution in [0.5, 0.6) is 0 Å². The predicted octanol–water partition coefficient (Wildman–Crippen LogP) is 0.693. The third kappa shape index (κ3) is 3.06. The van der Waals surface area contributed by atoms with Crippen molar-refractivity contribution in [3.8, 4) is 0 Å². The van der Waals surface area contributed by atoms with Crippen LogP contribution < -0.4 is 5.32 Å². The Kier molecular flexibility index (Phi) is 3.78. The van der Waals surface area contributed by atoms with Gasteiger partial charge in [0.25, 0.3) is 0 Å². The Balaban J connectivity index is 1.79. The highest BCUT2D eigenvalue weighted by molar-refractivity contribution is 5.78. The number of amides is 1. The van der Waals surface area contributed by atoms with Crippen molar-refractivity contribution in [1.29, 1.82) is 0 Å². The fraction of sp³-hybridized carbons (Fsp3) is 0.667. The van der Waals surface area contributed by atoms with E-state index in [9.17, 15) is 4.79 Å². The summed E-state index contributed by atoms with van der Waals surface area (Å²) in [5.41, 5.74) is 1.11. The number of carbonyl (C=O) groups excluding carboxylic acids is 1. The third-order valence-corrected chi connectivity index (χ3v) is 3.24. The van der Waals surface area contributed by atoms with Crippen LogP contribution in [-0.4, -0.2) is 40.2 Å². The molecule has 2 heterocycles. The van der Waals surface area contributed by atoms with E-state index in [0.717, 1.165) is 31.5 Å². The highest BCUT2D eigenvalue weighted by atomic mass is 16.2. The van der Waals surface area contributed by atoms with Gasteiger partial charge in [0.15, 0.2) is 0 Å². The highest BCUT2D eigenvalue weighted by Crippen LogP contribution is 2.11. The molecule has 0 aliphatic carbocycles. The maximum absolute atomic E-state index is 11.8. The lowest BCUT2D eigenvalue weighted by atomic mass is 10.2. The summed E-state index contributed by atoms with van der Waals surface area (Å²) >= 11 is 0. The molecule has 1 N–H and O–H groups in total. The van der Waals surface area contributed by atoms with Crippen LogP contribution in [0.2, 0.25) is 0 Å². The molecule has 1 aromatic heterocycles. The van der Waals surface area contributed by atoms with E-state index in [-0.39, 0.29) is 11.9 Å². The third-order valence-electron chi connectivity index (χ3n) is 3.24. The van der Waals surface area contributed by atoms with Gasteiger partial charge >= 0.3 is 0 Å². The van der Waals surface area contributed by atoms with Crippen molar-refractivity contribution in [2.75, 3.05) is 19.6 Å². The number of hydrogen-bond donors (Lipinski definition) is 1. The van der Waals surface area contributed by atoms with Gasteiger partial charge in [-0.25, -0.2) is 0 Å². The van der Waals surface area contributed by atoms with Crippen molar-refractivity contribution in [2.45, 2.75) is 25.8 Å². The van der Waals surface area contributed by atoms with Gasteiger partial charge in [0.2, 0.25) is 5.91 Å². The summed E-state index contributed by atoms with van der Waals surface area (Å²) in [5.74, 6) is 0.207. The molecule has 1 aliphatic heterocycles. The fourth-order valence-electron chi connectivity index (χ4n) is 2.10. The molecule has 94 valence electrons. The van der Waals surface area contributed by atoms with Crippen LogP contribution in [0.3, 0.4) is 0 Å². The van der Waals surface area contributed by atoms with E-state index in [2.05, 4.69) is 10.4 Å². The van der Waals surface area contributed by atoms with Crippen LogP contribution in [0.15, 0.2) is 12.4 Å². The molecule has 17 heavy (non-hydrogen) atoms. The van der Waals surface area contributed by atoms with Crippen LogP contribution in [-0.2, 0) is 11.8 Å². The average molecular weight is 236 g/mol. The molecule has 1 unspecified atom stereocenters. The van der Waals surface area contributed by atoms with Gasteiger partial charge in [-0.1, -0.05) is 0 Å². The molecule has 1 aliphatic rings. The molecule has 1 fully saturated rings. The van der Waals surface area contributed by atoms with E-state index >= 15 is 0 Å². The van der Waals surface area contributed by atoms with Crippen LogP contribution >= 0.6 is 0 Å². The summed E-state index contributed by atoms with van der Waals surface area (Å²) in [5, 5.41) is 7.37. The van der Waals surface area contributed by atoms with Crippen molar-refractivity contribution in [3.05, 3.63) is 18.0 Å². The number of nitrogens with zero attached hydrogens (tertiary/aromatic N) is 3. The van der Waals surface area contributed by atoms with E-state index in [1.807, 2.05) is 31.3 Å². The summed E-state index contributed by atoms with van der Waals surface area (Å²) < 4.78 is 1.77. The molecule has 1 amide bonds. The quantitative estimate of drug-likeness (QED) is 0.837. The minimum absolute atomic E-state index is 0.162. The molecule has 5 nitrogen and oxygen atoms in total. The molecular formula is C12H20N4O. The second-order valence-corrected chi connectivity index (χ2v) is 4.64. The molecule has 0 radical (unpaired) electrons. The number of hydrogen-bond acceptors (Lipinski definition) is 3. The van der Waals surface area contributed by atoms with Gasteiger partial charge in [-0.05, 0) is 19.8 Å². The van der Waals surface area contributed by atoms with Crippen molar-refractivity contribution < 1.29 is 4.79 Å². The van der Waals surface area contributed by atoms with E-state index in [4.69, 9.17) is 0 Å². The average Bonchev–Trinajstić information content (AvgIpc) is 2.95. The van der Waals surface area contributed by atoms with Gasteiger partial charge in [0, 0.05) is 37.9 Å². The summed E-state index contributed by atoms with van der Waals surface area (Å²) in [4.78, 5) is 13.8. The molecule has 5 heteroatoms. The number of rotatable bonds is 4. The van der Waals surface area contributed by atoms with Crippen molar-refractivity contribution >= 4 is 5.91 Å². The van der Waals surface area contributed by atoms with Gasteiger partial charge in [-0.15, -0.1) is 0 Å². The molecule has 0 aromatic carbocycles. The fourth-order valence-corrected chi connectivity index (χ4v) is 2.10. The van der Waals surface area contributed by atoms with Gasteiger partial charge < -0.3 is 10.2 Å². The van der Waals surface area contributed by atoms with Gasteiger partial charge in [0.05, 0.1) is 12.7 Å². The van der Waals surface area contributed by atoms with E-state index in [0.29, 0.717) is 6.54 Å². The van der Waals surface area contributed by atoms with Crippen molar-refractivity contribution in [2.24, 2.45) is 7.05 Å². The maximum Gasteiger partial charge on any atom is 0.236 e. The standard InChI is InChI=1S/C12H20N4O/c1-10(11-7-14-15(2)9-11)13-8-12(17)16-5-3-4-6-16/h7,9-10,13H,3-6,8H2,1-2H3. The van der Waals surface area contributed by atoms with Crippen LogP contribution in [0.1, 0.15) is 31.4 Å². The zero-order valence-corrected chi connectivity index (χ0v) is 10.5. The van der Waals surface area contributed by atoms with E-state index in [1.165, 1.54) is 0 Å². The second-order valence-electron chi connectivity index (χ2n) is 4.64. The first-order valence-electron chi connectivity index (χ1n) is 6.16. The topological polar surface area (TPSA) is 50.2 Å². The van der Waals surface area contributed by atoms with E-state index < -0.39 is 0 Å². The number of aryl methyl sites for hydroxylation is 1. The Labute approximate surface area is 102 Å². The number of likely N-dealkylation sites (tertiary alicyclic amines) is 1. The zero-order chi connectivity index (χ0) is 12.3. The molecule has 1 atom stereocenters. The molecule has 0 spiro atoms. The second kappa shape index (κ2) is 5.31. The normalized spacial score (nSPS) is 17.4. The van der Waals surface area contributed by atoms with Gasteiger partial charge in [0.1, 0.15) is 0 Å². The number of aromatic nitrogens is 2. The van der Waals surface area contributed by atoms with Crippen LogP contribution in [0, 0.1) is 0 Å². The van der Waals surface area contributed by atoms with Gasteiger partial charge in [-0.3, -0.25) is 9.48 Å². The summed E-state index contributed by atoms with van der Waals surface area (Å²) in [6, 6.07) is 0.162. The SMILES string of the molecule is CC(NCC(=O)N1CCCC1)c1cnn(C)c1. The molecule has 0 bridgehead atoms. The Morgan fingerprint density at radius 3 is 2.82 bits per heavy atom. The molecule has 1 saturated heterocycles. The Hall–Kier alpha value is -1.36. The lowest BCUT2D eigenvalue weighted by Gasteiger charge is -2.17. The zero-order valence-electron chi connectivity index (χ0n) is 10.5. The van der Waals surface area contributed by atoms with Crippen LogP contribution in [0.25, 0.3) is 0 Å². The maximum atomic E-state index is 11.8. The summed E-state index contributed by atoms with van der Waals surface area (Å²) in [6.07, 6.45) is 6.09. The number of carbonyl (C=O) groups is 1.